The van der Waals surface area contributed by atoms with Crippen LogP contribution in [-0.2, 0) is 22.4 Å². The van der Waals surface area contributed by atoms with Crippen LogP contribution in [0.25, 0.3) is 0 Å². The van der Waals surface area contributed by atoms with Gasteiger partial charge in [-0.25, -0.2) is 0 Å². The Bertz CT molecular complexity index is 862. The van der Waals surface area contributed by atoms with Gasteiger partial charge >= 0.3 is 0 Å². The number of ether oxygens (including phenoxy) is 2. The van der Waals surface area contributed by atoms with Gasteiger partial charge in [0.1, 0.15) is 11.5 Å². The molecule has 2 amide bonds. The first-order chi connectivity index (χ1) is 15.0. The Balaban J connectivity index is 2.04. The summed E-state index contributed by atoms with van der Waals surface area (Å²) in [5.41, 5.74) is 3.17. The number of hydrogen-bond donors (Lipinski definition) is 2. The van der Waals surface area contributed by atoms with Crippen molar-refractivity contribution in [2.75, 3.05) is 23.8 Å². The van der Waals surface area contributed by atoms with Crippen LogP contribution in [0.15, 0.2) is 61.7 Å². The Morgan fingerprint density at radius 2 is 1.23 bits per heavy atom. The second kappa shape index (κ2) is 12.2. The Kier molecular flexibility index (Phi) is 9.36. The molecule has 0 radical (unpaired) electrons. The number of carbonyl (C=O) groups excluding carboxylic acids is 2. The van der Waals surface area contributed by atoms with Gasteiger partial charge in [-0.15, -0.1) is 13.2 Å². The molecule has 6 nitrogen and oxygen atoms in total. The second-order valence-electron chi connectivity index (χ2n) is 6.99. The molecule has 0 heterocycles. The lowest BCUT2D eigenvalue weighted by Crippen LogP contribution is -2.12. The van der Waals surface area contributed by atoms with Crippen molar-refractivity contribution >= 4 is 23.2 Å². The number of anilines is 2. The van der Waals surface area contributed by atoms with E-state index in [1.54, 1.807) is 12.2 Å². The van der Waals surface area contributed by atoms with Crippen LogP contribution in [0, 0.1) is 0 Å². The van der Waals surface area contributed by atoms with Crippen LogP contribution < -0.4 is 20.1 Å². The van der Waals surface area contributed by atoms with E-state index in [0.29, 0.717) is 55.4 Å². The van der Waals surface area contributed by atoms with E-state index in [0.717, 1.165) is 11.1 Å². The van der Waals surface area contributed by atoms with E-state index < -0.39 is 0 Å². The molecule has 0 aliphatic heterocycles. The standard InChI is InChI=1S/C25H30N2O4/c1-5-10-20-12-7-14-22(26-18(3)28)24(20)30-16-9-17-31-25-21(11-6-2)13-8-15-23(25)27-19(4)29/h5-8,12-15H,1-2,9-11,16-17H2,3-4H3,(H,26,28)(H,27,29). The maximum Gasteiger partial charge on any atom is 0.221 e. The molecule has 0 bridgehead atoms. The molecular weight excluding hydrogens is 392 g/mol. The smallest absolute Gasteiger partial charge is 0.221 e. The summed E-state index contributed by atoms with van der Waals surface area (Å²) in [6.07, 6.45) is 5.47. The zero-order valence-electron chi connectivity index (χ0n) is 18.2. The second-order valence-corrected chi connectivity index (χ2v) is 6.99. The average molecular weight is 423 g/mol. The van der Waals surface area contributed by atoms with Crippen LogP contribution in [0.5, 0.6) is 11.5 Å². The topological polar surface area (TPSA) is 76.7 Å². The number of amides is 2. The van der Waals surface area contributed by atoms with Crippen LogP contribution in [-0.4, -0.2) is 25.0 Å². The molecule has 0 aliphatic rings. The fourth-order valence-corrected chi connectivity index (χ4v) is 3.13. The summed E-state index contributed by atoms with van der Waals surface area (Å²) < 4.78 is 12.0. The SMILES string of the molecule is C=CCc1cccc(NC(C)=O)c1OCCCOc1c(CC=C)cccc1NC(C)=O. The van der Waals surface area contributed by atoms with Crippen molar-refractivity contribution in [3.8, 4) is 11.5 Å². The molecule has 2 aromatic carbocycles. The van der Waals surface area contributed by atoms with Crippen molar-refractivity contribution in [2.24, 2.45) is 0 Å². The van der Waals surface area contributed by atoms with Gasteiger partial charge in [0.15, 0.2) is 0 Å². The summed E-state index contributed by atoms with van der Waals surface area (Å²) in [5, 5.41) is 5.61. The minimum atomic E-state index is -0.159. The van der Waals surface area contributed by atoms with Gasteiger partial charge in [0.2, 0.25) is 11.8 Å². The first-order valence-electron chi connectivity index (χ1n) is 10.2. The molecule has 0 saturated heterocycles. The number of allylic oxidation sites excluding steroid dienone is 2. The highest BCUT2D eigenvalue weighted by Crippen LogP contribution is 2.31. The molecule has 0 fully saturated rings. The fourth-order valence-electron chi connectivity index (χ4n) is 3.13. The molecule has 2 aromatic rings. The van der Waals surface area contributed by atoms with E-state index in [1.807, 2.05) is 36.4 Å². The van der Waals surface area contributed by atoms with Crippen molar-refractivity contribution in [1.29, 1.82) is 0 Å². The quantitative estimate of drug-likeness (QED) is 0.376. The molecule has 0 saturated carbocycles. The number of hydrogen-bond acceptors (Lipinski definition) is 4. The van der Waals surface area contributed by atoms with E-state index in [9.17, 15) is 9.59 Å². The maximum absolute atomic E-state index is 11.5. The molecule has 0 atom stereocenters. The third-order valence-electron chi connectivity index (χ3n) is 4.32. The normalized spacial score (nSPS) is 10.1. The maximum atomic E-state index is 11.5. The van der Waals surface area contributed by atoms with Gasteiger partial charge in [-0.2, -0.15) is 0 Å². The number of nitrogens with one attached hydrogen (secondary N) is 2. The lowest BCUT2D eigenvalue weighted by molar-refractivity contribution is -0.115. The highest BCUT2D eigenvalue weighted by molar-refractivity contribution is 5.91. The molecule has 2 N–H and O–H groups in total. The Morgan fingerprint density at radius 3 is 1.58 bits per heavy atom. The highest BCUT2D eigenvalue weighted by atomic mass is 16.5. The van der Waals surface area contributed by atoms with Crippen molar-refractivity contribution in [1.82, 2.24) is 0 Å². The zero-order chi connectivity index (χ0) is 22.6. The van der Waals surface area contributed by atoms with Gasteiger partial charge in [0.25, 0.3) is 0 Å². The molecular formula is C25H30N2O4. The van der Waals surface area contributed by atoms with Gasteiger partial charge in [0, 0.05) is 31.4 Å². The van der Waals surface area contributed by atoms with Gasteiger partial charge in [-0.05, 0) is 25.0 Å². The first kappa shape index (κ1) is 23.7. The number of benzene rings is 2. The molecule has 0 unspecified atom stereocenters. The van der Waals surface area contributed by atoms with Gasteiger partial charge in [-0.1, -0.05) is 36.4 Å². The van der Waals surface area contributed by atoms with E-state index in [2.05, 4.69) is 23.8 Å². The molecule has 0 aromatic heterocycles. The minimum absolute atomic E-state index is 0.159. The number of rotatable bonds is 12. The Labute approximate surface area is 184 Å². The predicted octanol–water partition coefficient (Wildman–Crippen LogP) is 4.91. The average Bonchev–Trinajstić information content (AvgIpc) is 2.70. The molecule has 31 heavy (non-hydrogen) atoms. The third-order valence-corrected chi connectivity index (χ3v) is 4.32. The highest BCUT2D eigenvalue weighted by Gasteiger charge is 2.12. The molecule has 6 heteroatoms. The lowest BCUT2D eigenvalue weighted by atomic mass is 10.1. The van der Waals surface area contributed by atoms with E-state index in [-0.39, 0.29) is 11.8 Å². The first-order valence-corrected chi connectivity index (χ1v) is 10.2. The van der Waals surface area contributed by atoms with Crippen LogP contribution >= 0.6 is 0 Å². The monoisotopic (exact) mass is 422 g/mol. The van der Waals surface area contributed by atoms with Crippen LogP contribution in [0.1, 0.15) is 31.4 Å². The lowest BCUT2D eigenvalue weighted by Gasteiger charge is -2.17. The summed E-state index contributed by atoms with van der Waals surface area (Å²) in [4.78, 5) is 23.0. The summed E-state index contributed by atoms with van der Waals surface area (Å²) in [5.74, 6) is 0.966. The number of carbonyl (C=O) groups is 2. The Morgan fingerprint density at radius 1 is 0.806 bits per heavy atom. The molecule has 0 spiro atoms. The largest absolute Gasteiger partial charge is 0.491 e. The third kappa shape index (κ3) is 7.33. The summed E-state index contributed by atoms with van der Waals surface area (Å²) in [6.45, 7) is 11.3. The zero-order valence-corrected chi connectivity index (χ0v) is 18.2. The predicted molar refractivity (Wildman–Crippen MR) is 125 cm³/mol. The van der Waals surface area contributed by atoms with Gasteiger partial charge < -0.3 is 20.1 Å². The fraction of sp³-hybridized carbons (Fsp3) is 0.280. The van der Waals surface area contributed by atoms with Crippen molar-refractivity contribution in [2.45, 2.75) is 33.1 Å². The van der Waals surface area contributed by atoms with E-state index in [1.165, 1.54) is 13.8 Å². The minimum Gasteiger partial charge on any atom is -0.491 e. The van der Waals surface area contributed by atoms with Crippen molar-refractivity contribution in [3.05, 3.63) is 72.8 Å². The van der Waals surface area contributed by atoms with Crippen LogP contribution in [0.2, 0.25) is 0 Å². The van der Waals surface area contributed by atoms with Gasteiger partial charge in [0.05, 0.1) is 24.6 Å². The van der Waals surface area contributed by atoms with Crippen molar-refractivity contribution < 1.29 is 19.1 Å². The number of para-hydroxylation sites is 2. The van der Waals surface area contributed by atoms with E-state index >= 15 is 0 Å². The van der Waals surface area contributed by atoms with Gasteiger partial charge in [-0.3, -0.25) is 9.59 Å². The summed E-state index contributed by atoms with van der Waals surface area (Å²) >= 11 is 0. The summed E-state index contributed by atoms with van der Waals surface area (Å²) in [6, 6.07) is 11.3. The van der Waals surface area contributed by atoms with Crippen LogP contribution in [0.4, 0.5) is 11.4 Å². The van der Waals surface area contributed by atoms with Crippen molar-refractivity contribution in [3.63, 3.8) is 0 Å². The Hall–Kier alpha value is -3.54. The molecule has 2 rings (SSSR count). The molecule has 0 aliphatic carbocycles. The molecule has 164 valence electrons. The summed E-state index contributed by atoms with van der Waals surface area (Å²) in [7, 11) is 0. The van der Waals surface area contributed by atoms with Crippen LogP contribution in [0.3, 0.4) is 0 Å². The van der Waals surface area contributed by atoms with E-state index in [4.69, 9.17) is 9.47 Å².